The number of sulfone groups is 1. The van der Waals surface area contributed by atoms with E-state index in [1.807, 2.05) is 20.8 Å². The lowest BCUT2D eigenvalue weighted by molar-refractivity contribution is 0.309. The average molecular weight is 446 g/mol. The van der Waals surface area contributed by atoms with E-state index in [0.29, 0.717) is 17.9 Å². The van der Waals surface area contributed by atoms with E-state index < -0.39 is 15.7 Å². The fraction of sp³-hybridized carbons (Fsp3) is 0.292. The summed E-state index contributed by atoms with van der Waals surface area (Å²) in [6, 6.07) is 10.6. The smallest absolute Gasteiger partial charge is 0.213 e. The van der Waals surface area contributed by atoms with Crippen LogP contribution in [0.5, 0.6) is 5.88 Å². The lowest BCUT2D eigenvalue weighted by atomic mass is 9.91. The highest BCUT2D eigenvalue weighted by Crippen LogP contribution is 2.32. The molecule has 0 radical (unpaired) electrons. The minimum Gasteiger partial charge on any atom is -0.477 e. The van der Waals surface area contributed by atoms with Crippen molar-refractivity contribution < 1.29 is 21.9 Å². The summed E-state index contributed by atoms with van der Waals surface area (Å²) in [5, 5.41) is 0. The van der Waals surface area contributed by atoms with Crippen LogP contribution in [0.1, 0.15) is 36.5 Å². The van der Waals surface area contributed by atoms with Gasteiger partial charge in [-0.05, 0) is 71.0 Å². The molecule has 0 aliphatic heterocycles. The Kier molecular flexibility index (Phi) is 6.74. The first-order valence-corrected chi connectivity index (χ1v) is 11.8. The fourth-order valence-corrected chi connectivity index (χ4v) is 4.30. The predicted octanol–water partition coefficient (Wildman–Crippen LogP) is 5.48. The maximum absolute atomic E-state index is 14.2. The van der Waals surface area contributed by atoms with Gasteiger partial charge in [0.15, 0.2) is 9.84 Å². The van der Waals surface area contributed by atoms with Gasteiger partial charge in [0.05, 0.1) is 6.61 Å². The molecule has 0 bridgehead atoms. The maximum Gasteiger partial charge on any atom is 0.213 e. The molecule has 0 saturated carbocycles. The molecule has 3 aromatic rings. The SMILES string of the molecule is Cc1c(-c2ccnc(OCCc3ccc(F)c(S(C)(=O)=O)c3)c2)cc(F)cc1C(C)C. The maximum atomic E-state index is 14.2. The lowest BCUT2D eigenvalue weighted by Crippen LogP contribution is -2.06. The van der Waals surface area contributed by atoms with Crippen LogP contribution < -0.4 is 4.74 Å². The summed E-state index contributed by atoms with van der Waals surface area (Å²) in [4.78, 5) is 3.88. The third kappa shape index (κ3) is 5.47. The molecule has 0 saturated heterocycles. The van der Waals surface area contributed by atoms with Crippen LogP contribution in [0.3, 0.4) is 0 Å². The summed E-state index contributed by atoms with van der Waals surface area (Å²) in [5.74, 6) is -0.494. The van der Waals surface area contributed by atoms with Crippen LogP contribution in [0.25, 0.3) is 11.1 Å². The highest BCUT2D eigenvalue weighted by atomic mass is 32.2. The van der Waals surface area contributed by atoms with Crippen molar-refractivity contribution in [3.05, 3.63) is 77.0 Å². The van der Waals surface area contributed by atoms with E-state index in [4.69, 9.17) is 4.74 Å². The highest BCUT2D eigenvalue weighted by Gasteiger charge is 2.15. The Hall–Kier alpha value is -2.80. The summed E-state index contributed by atoms with van der Waals surface area (Å²) < 4.78 is 57.0. The van der Waals surface area contributed by atoms with E-state index >= 15 is 0 Å². The minimum absolute atomic E-state index is 0.194. The second-order valence-electron chi connectivity index (χ2n) is 7.84. The second kappa shape index (κ2) is 9.14. The lowest BCUT2D eigenvalue weighted by Gasteiger charge is -2.15. The Morgan fingerprint density at radius 3 is 2.48 bits per heavy atom. The number of aromatic nitrogens is 1. The van der Waals surface area contributed by atoms with E-state index in [-0.39, 0.29) is 23.2 Å². The van der Waals surface area contributed by atoms with Crippen LogP contribution in [0, 0.1) is 18.6 Å². The first-order valence-electron chi connectivity index (χ1n) is 9.94. The van der Waals surface area contributed by atoms with Gasteiger partial charge < -0.3 is 4.74 Å². The summed E-state index contributed by atoms with van der Waals surface area (Å²) in [6.07, 6.45) is 2.95. The third-order valence-corrected chi connectivity index (χ3v) is 6.23. The monoisotopic (exact) mass is 445 g/mol. The minimum atomic E-state index is -3.65. The Morgan fingerprint density at radius 1 is 1.06 bits per heavy atom. The van der Waals surface area contributed by atoms with E-state index in [9.17, 15) is 17.2 Å². The molecule has 1 aromatic heterocycles. The quantitative estimate of drug-likeness (QED) is 0.483. The standard InChI is InChI=1S/C24H25F2NO3S/c1-15(2)20-13-19(25)14-21(16(20)3)18-7-9-27-24(12-18)30-10-8-17-5-6-22(26)23(11-17)31(4,28)29/h5-7,9,11-15H,8,10H2,1-4H3. The third-order valence-electron chi connectivity index (χ3n) is 5.12. The zero-order chi connectivity index (χ0) is 22.8. The molecule has 0 aliphatic carbocycles. The molecule has 7 heteroatoms. The van der Waals surface area contributed by atoms with E-state index in [1.54, 1.807) is 24.4 Å². The molecule has 0 aliphatic rings. The Balaban J connectivity index is 1.77. The van der Waals surface area contributed by atoms with Crippen molar-refractivity contribution >= 4 is 9.84 Å². The molecule has 0 spiro atoms. The summed E-state index contributed by atoms with van der Waals surface area (Å²) in [7, 11) is -3.65. The molecular weight excluding hydrogens is 420 g/mol. The number of rotatable bonds is 7. The topological polar surface area (TPSA) is 56.3 Å². The molecule has 164 valence electrons. The molecule has 2 aromatic carbocycles. The van der Waals surface area contributed by atoms with Crippen LogP contribution >= 0.6 is 0 Å². The number of ether oxygens (including phenoxy) is 1. The second-order valence-corrected chi connectivity index (χ2v) is 9.82. The van der Waals surface area contributed by atoms with Crippen LogP contribution in [0.15, 0.2) is 53.6 Å². The number of pyridine rings is 1. The van der Waals surface area contributed by atoms with Gasteiger partial charge in [-0.3, -0.25) is 0 Å². The summed E-state index contributed by atoms with van der Waals surface area (Å²) in [6.45, 7) is 6.25. The zero-order valence-electron chi connectivity index (χ0n) is 17.9. The number of hydrogen-bond acceptors (Lipinski definition) is 4. The van der Waals surface area contributed by atoms with Crippen molar-refractivity contribution in [2.24, 2.45) is 0 Å². The van der Waals surface area contributed by atoms with E-state index in [1.165, 1.54) is 18.2 Å². The van der Waals surface area contributed by atoms with E-state index in [2.05, 4.69) is 4.98 Å². The Morgan fingerprint density at radius 2 is 1.81 bits per heavy atom. The van der Waals surface area contributed by atoms with Crippen molar-refractivity contribution in [3.8, 4) is 17.0 Å². The molecule has 0 unspecified atom stereocenters. The van der Waals surface area contributed by atoms with Gasteiger partial charge in [-0.15, -0.1) is 0 Å². The molecule has 0 amide bonds. The van der Waals surface area contributed by atoms with Crippen LogP contribution in [0.4, 0.5) is 8.78 Å². The molecule has 4 nitrogen and oxygen atoms in total. The van der Waals surface area contributed by atoms with Gasteiger partial charge in [-0.2, -0.15) is 0 Å². The normalized spacial score (nSPS) is 11.7. The van der Waals surface area contributed by atoms with Crippen molar-refractivity contribution in [2.75, 3.05) is 12.9 Å². The number of benzene rings is 2. The van der Waals surface area contributed by atoms with Crippen LogP contribution in [0.2, 0.25) is 0 Å². The average Bonchev–Trinajstić information content (AvgIpc) is 2.70. The molecule has 0 atom stereocenters. The number of nitrogens with zero attached hydrogens (tertiary/aromatic N) is 1. The number of halogens is 2. The van der Waals surface area contributed by atoms with Gasteiger partial charge in [0, 0.05) is 24.9 Å². The van der Waals surface area contributed by atoms with Gasteiger partial charge in [0.25, 0.3) is 0 Å². The molecule has 1 heterocycles. The van der Waals surface area contributed by atoms with Crippen molar-refractivity contribution in [3.63, 3.8) is 0 Å². The molecular formula is C24H25F2NO3S. The van der Waals surface area contributed by atoms with Crippen LogP contribution in [-0.4, -0.2) is 26.3 Å². The molecule has 0 N–H and O–H groups in total. The first-order chi connectivity index (χ1) is 14.6. The van der Waals surface area contributed by atoms with E-state index in [0.717, 1.165) is 34.6 Å². The van der Waals surface area contributed by atoms with Crippen LogP contribution in [-0.2, 0) is 16.3 Å². The number of hydrogen-bond donors (Lipinski definition) is 0. The summed E-state index contributed by atoms with van der Waals surface area (Å²) in [5.41, 5.74) is 4.18. The van der Waals surface area contributed by atoms with Crippen molar-refractivity contribution in [1.82, 2.24) is 4.98 Å². The summed E-state index contributed by atoms with van der Waals surface area (Å²) >= 11 is 0. The fourth-order valence-electron chi connectivity index (χ4n) is 3.52. The molecule has 0 fully saturated rings. The molecule has 3 rings (SSSR count). The van der Waals surface area contributed by atoms with Gasteiger partial charge in [0.2, 0.25) is 5.88 Å². The zero-order valence-corrected chi connectivity index (χ0v) is 18.8. The predicted molar refractivity (Wildman–Crippen MR) is 117 cm³/mol. The molecule has 31 heavy (non-hydrogen) atoms. The van der Waals surface area contributed by atoms with Crippen molar-refractivity contribution in [1.29, 1.82) is 0 Å². The Bertz CT molecular complexity index is 1210. The first kappa shape index (κ1) is 22.9. The Labute approximate surface area is 181 Å². The van der Waals surface area contributed by atoms with Gasteiger partial charge in [-0.1, -0.05) is 19.9 Å². The van der Waals surface area contributed by atoms with Gasteiger partial charge >= 0.3 is 0 Å². The highest BCUT2D eigenvalue weighted by molar-refractivity contribution is 7.90. The van der Waals surface area contributed by atoms with Gasteiger partial charge in [0.1, 0.15) is 16.5 Å². The largest absolute Gasteiger partial charge is 0.477 e. The van der Waals surface area contributed by atoms with Gasteiger partial charge in [-0.25, -0.2) is 22.2 Å². The van der Waals surface area contributed by atoms with Crippen molar-refractivity contribution in [2.45, 2.75) is 38.0 Å².